The Morgan fingerprint density at radius 2 is 1.87 bits per heavy atom. The largest absolute Gasteiger partial charge is 0.465 e. The van der Waals surface area contributed by atoms with E-state index in [2.05, 4.69) is 9.97 Å². The van der Waals surface area contributed by atoms with Crippen molar-refractivity contribution in [3.05, 3.63) is 57.6 Å². The fraction of sp³-hybridized carbons (Fsp3) is 0.455. The predicted octanol–water partition coefficient (Wildman–Crippen LogP) is 4.02. The second-order valence-electron chi connectivity index (χ2n) is 8.35. The van der Waals surface area contributed by atoms with Crippen molar-refractivity contribution in [3.63, 3.8) is 0 Å². The quantitative estimate of drug-likeness (QED) is 0.800. The van der Waals surface area contributed by atoms with E-state index in [-0.39, 0.29) is 11.9 Å². The Morgan fingerprint density at radius 1 is 1.10 bits per heavy atom. The number of hydrogen-bond donors (Lipinski definition) is 1. The first-order valence-corrected chi connectivity index (χ1v) is 10.8. The summed E-state index contributed by atoms with van der Waals surface area (Å²) in [5.74, 6) is 1.18. The summed E-state index contributed by atoms with van der Waals surface area (Å²) in [4.78, 5) is 36.8. The van der Waals surface area contributed by atoms with Crippen LogP contribution in [0.15, 0.2) is 24.5 Å². The standard InChI is InChI=1S/C22H23ClN4O3/c23-16-8-14-5-7-26(21(28)15-10-24-20(25-11-15)13-3-4-13)12-18(14)17(9-16)19-2-1-6-27(19)22(29)30/h8-11,13,19H,1-7,12H2,(H,29,30)/t19-/m0/s1. The zero-order valence-corrected chi connectivity index (χ0v) is 17.3. The van der Waals surface area contributed by atoms with E-state index in [1.54, 1.807) is 17.3 Å². The van der Waals surface area contributed by atoms with Gasteiger partial charge in [0.15, 0.2) is 0 Å². The predicted molar refractivity (Wildman–Crippen MR) is 111 cm³/mol. The summed E-state index contributed by atoms with van der Waals surface area (Å²) in [6.07, 6.45) is 6.87. The molecular formula is C22H23ClN4O3. The average molecular weight is 427 g/mol. The van der Waals surface area contributed by atoms with E-state index in [0.717, 1.165) is 48.2 Å². The van der Waals surface area contributed by atoms with Crippen LogP contribution in [0.1, 0.15) is 70.5 Å². The van der Waals surface area contributed by atoms with Crippen LogP contribution in [-0.4, -0.2) is 50.0 Å². The number of nitrogens with zero attached hydrogens (tertiary/aromatic N) is 4. The monoisotopic (exact) mass is 426 g/mol. The molecule has 1 saturated heterocycles. The summed E-state index contributed by atoms with van der Waals surface area (Å²) in [5, 5.41) is 10.2. The van der Waals surface area contributed by atoms with Crippen LogP contribution in [0, 0.1) is 0 Å². The lowest BCUT2D eigenvalue weighted by atomic mass is 9.90. The highest BCUT2D eigenvalue weighted by Gasteiger charge is 2.34. The van der Waals surface area contributed by atoms with Gasteiger partial charge in [0.1, 0.15) is 5.82 Å². The Balaban J connectivity index is 1.42. The van der Waals surface area contributed by atoms with Gasteiger partial charge in [0.05, 0.1) is 11.6 Å². The fourth-order valence-electron chi connectivity index (χ4n) is 4.63. The van der Waals surface area contributed by atoms with Gasteiger partial charge < -0.3 is 14.9 Å². The van der Waals surface area contributed by atoms with Crippen LogP contribution < -0.4 is 0 Å². The molecule has 2 fully saturated rings. The minimum Gasteiger partial charge on any atom is -0.465 e. The van der Waals surface area contributed by atoms with E-state index in [0.29, 0.717) is 42.6 Å². The molecule has 2 amide bonds. The van der Waals surface area contributed by atoms with Gasteiger partial charge in [-0.15, -0.1) is 0 Å². The molecule has 7 nitrogen and oxygen atoms in total. The van der Waals surface area contributed by atoms with Gasteiger partial charge >= 0.3 is 6.09 Å². The Morgan fingerprint density at radius 3 is 2.57 bits per heavy atom. The molecule has 0 unspecified atom stereocenters. The van der Waals surface area contributed by atoms with Crippen LogP contribution in [0.25, 0.3) is 0 Å². The zero-order chi connectivity index (χ0) is 20.8. The third kappa shape index (κ3) is 3.51. The number of carbonyl (C=O) groups excluding carboxylic acids is 1. The molecule has 1 aromatic carbocycles. The van der Waals surface area contributed by atoms with Crippen LogP contribution in [0.2, 0.25) is 5.02 Å². The average Bonchev–Trinajstić information content (AvgIpc) is 3.48. The summed E-state index contributed by atoms with van der Waals surface area (Å²) in [5.41, 5.74) is 3.54. The van der Waals surface area contributed by atoms with Crippen molar-refractivity contribution >= 4 is 23.6 Å². The molecule has 3 heterocycles. The summed E-state index contributed by atoms with van der Waals surface area (Å²) in [7, 11) is 0. The van der Waals surface area contributed by atoms with E-state index in [1.807, 2.05) is 12.1 Å². The van der Waals surface area contributed by atoms with Crippen molar-refractivity contribution in [2.24, 2.45) is 0 Å². The van der Waals surface area contributed by atoms with Crippen molar-refractivity contribution in [1.29, 1.82) is 0 Å². The molecule has 1 aliphatic carbocycles. The van der Waals surface area contributed by atoms with Crippen molar-refractivity contribution < 1.29 is 14.7 Å². The molecule has 0 bridgehead atoms. The molecule has 5 rings (SSSR count). The molecule has 8 heteroatoms. The number of carbonyl (C=O) groups is 2. The molecule has 1 N–H and O–H groups in total. The second-order valence-corrected chi connectivity index (χ2v) is 8.78. The van der Waals surface area contributed by atoms with Crippen molar-refractivity contribution in [2.45, 2.75) is 50.6 Å². The zero-order valence-electron chi connectivity index (χ0n) is 16.6. The lowest BCUT2D eigenvalue weighted by Gasteiger charge is -2.33. The third-order valence-electron chi connectivity index (χ3n) is 6.35. The number of aromatic nitrogens is 2. The third-order valence-corrected chi connectivity index (χ3v) is 6.57. The van der Waals surface area contributed by atoms with Gasteiger partial charge in [0.2, 0.25) is 0 Å². The summed E-state index contributed by atoms with van der Waals surface area (Å²) in [6.45, 7) is 1.55. The Bertz CT molecular complexity index is 1010. The van der Waals surface area contributed by atoms with E-state index in [9.17, 15) is 14.7 Å². The van der Waals surface area contributed by atoms with E-state index in [1.165, 1.54) is 4.90 Å². The Kier molecular flexibility index (Phi) is 4.85. The first kappa shape index (κ1) is 19.3. The number of carboxylic acid groups (broad SMARTS) is 1. The second kappa shape index (κ2) is 7.54. The van der Waals surface area contributed by atoms with Crippen LogP contribution >= 0.6 is 11.6 Å². The number of rotatable bonds is 3. The smallest absolute Gasteiger partial charge is 0.407 e. The highest BCUT2D eigenvalue weighted by Crippen LogP contribution is 2.39. The van der Waals surface area contributed by atoms with Crippen molar-refractivity contribution in [1.82, 2.24) is 19.8 Å². The topological polar surface area (TPSA) is 86.6 Å². The molecule has 1 aromatic heterocycles. The molecule has 2 aromatic rings. The number of benzene rings is 1. The number of hydrogen-bond acceptors (Lipinski definition) is 4. The molecule has 156 valence electrons. The maximum atomic E-state index is 13.1. The van der Waals surface area contributed by atoms with Crippen LogP contribution in [-0.2, 0) is 13.0 Å². The molecule has 1 saturated carbocycles. The maximum absolute atomic E-state index is 13.1. The minimum atomic E-state index is -0.914. The summed E-state index contributed by atoms with van der Waals surface area (Å²) < 4.78 is 0. The van der Waals surface area contributed by atoms with Gasteiger partial charge in [-0.2, -0.15) is 0 Å². The molecule has 0 radical (unpaired) electrons. The molecule has 30 heavy (non-hydrogen) atoms. The first-order valence-electron chi connectivity index (χ1n) is 10.4. The number of fused-ring (bicyclic) bond motifs is 1. The molecule has 1 atom stereocenters. The summed E-state index contributed by atoms with van der Waals surface area (Å²) >= 11 is 6.36. The van der Waals surface area contributed by atoms with E-state index >= 15 is 0 Å². The van der Waals surface area contributed by atoms with Crippen LogP contribution in [0.3, 0.4) is 0 Å². The highest BCUT2D eigenvalue weighted by atomic mass is 35.5. The van der Waals surface area contributed by atoms with Crippen LogP contribution in [0.5, 0.6) is 0 Å². The summed E-state index contributed by atoms with van der Waals surface area (Å²) in [6, 6.07) is 3.59. The number of amides is 2. The molecule has 3 aliphatic rings. The molecule has 2 aliphatic heterocycles. The van der Waals surface area contributed by atoms with E-state index in [4.69, 9.17) is 11.6 Å². The SMILES string of the molecule is O=C(c1cnc(C2CC2)nc1)N1CCc2cc(Cl)cc([C@@H]3CCCN3C(=O)O)c2C1. The normalized spacial score (nSPS) is 20.9. The van der Waals surface area contributed by atoms with Crippen molar-refractivity contribution in [2.75, 3.05) is 13.1 Å². The molecule has 0 spiro atoms. The van der Waals surface area contributed by atoms with Gasteiger partial charge in [0, 0.05) is 43.0 Å². The van der Waals surface area contributed by atoms with E-state index < -0.39 is 6.09 Å². The Hall–Kier alpha value is -2.67. The Labute approximate surface area is 179 Å². The maximum Gasteiger partial charge on any atom is 0.407 e. The first-order chi connectivity index (χ1) is 14.5. The highest BCUT2D eigenvalue weighted by molar-refractivity contribution is 6.30. The van der Waals surface area contributed by atoms with Crippen LogP contribution in [0.4, 0.5) is 4.79 Å². The minimum absolute atomic E-state index is 0.0922. The lowest BCUT2D eigenvalue weighted by Crippen LogP contribution is -2.37. The fourth-order valence-corrected chi connectivity index (χ4v) is 4.88. The van der Waals surface area contributed by atoms with Gasteiger partial charge in [-0.3, -0.25) is 4.79 Å². The number of likely N-dealkylation sites (tertiary alicyclic amines) is 1. The molecular weight excluding hydrogens is 404 g/mol. The van der Waals surface area contributed by atoms with Gasteiger partial charge in [0.25, 0.3) is 5.91 Å². The lowest BCUT2D eigenvalue weighted by molar-refractivity contribution is 0.0731. The van der Waals surface area contributed by atoms with Gasteiger partial charge in [-0.25, -0.2) is 14.8 Å². The van der Waals surface area contributed by atoms with Crippen molar-refractivity contribution in [3.8, 4) is 0 Å². The van der Waals surface area contributed by atoms with Gasteiger partial charge in [-0.05, 0) is 60.9 Å². The number of halogens is 1. The van der Waals surface area contributed by atoms with Gasteiger partial charge in [-0.1, -0.05) is 11.6 Å².